The lowest BCUT2D eigenvalue weighted by Crippen LogP contribution is -2.21. The Balaban J connectivity index is 2.17. The largest absolute Gasteiger partial charge is 0.433 e. The molecule has 2 rings (SSSR count). The van der Waals surface area contributed by atoms with Crippen molar-refractivity contribution < 1.29 is 23.2 Å². The van der Waals surface area contributed by atoms with Crippen LogP contribution in [0.4, 0.5) is 20.3 Å². The van der Waals surface area contributed by atoms with Crippen molar-refractivity contribution in [2.24, 2.45) is 0 Å². The van der Waals surface area contributed by atoms with E-state index < -0.39 is 24.0 Å². The SMILES string of the molecule is Cc1ccc(NC(=O)Cn2nc(C)cc2[N+](=O)[O-])c(OC(F)F)c1. The summed E-state index contributed by atoms with van der Waals surface area (Å²) < 4.78 is 30.2. The molecule has 128 valence electrons. The van der Waals surface area contributed by atoms with Crippen molar-refractivity contribution in [3.8, 4) is 5.75 Å². The molecule has 0 fully saturated rings. The molecular formula is C14H14F2N4O4. The Bertz CT molecular complexity index is 776. The zero-order valence-electron chi connectivity index (χ0n) is 12.8. The van der Waals surface area contributed by atoms with Gasteiger partial charge in [0.2, 0.25) is 0 Å². The van der Waals surface area contributed by atoms with Crippen LogP contribution in [-0.2, 0) is 11.3 Å². The van der Waals surface area contributed by atoms with E-state index in [1.165, 1.54) is 18.2 Å². The summed E-state index contributed by atoms with van der Waals surface area (Å²) >= 11 is 0. The van der Waals surface area contributed by atoms with Crippen molar-refractivity contribution in [1.82, 2.24) is 9.78 Å². The number of benzene rings is 1. The first-order valence-corrected chi connectivity index (χ1v) is 6.80. The number of nitrogens with zero attached hydrogens (tertiary/aromatic N) is 3. The van der Waals surface area contributed by atoms with Crippen LogP contribution in [0, 0.1) is 24.0 Å². The number of nitro groups is 1. The fourth-order valence-corrected chi connectivity index (χ4v) is 2.05. The summed E-state index contributed by atoms with van der Waals surface area (Å²) in [5.41, 5.74) is 1.09. The zero-order chi connectivity index (χ0) is 17.9. The molecule has 10 heteroatoms. The molecule has 0 aliphatic heterocycles. The Morgan fingerprint density at radius 2 is 2.12 bits per heavy atom. The lowest BCUT2D eigenvalue weighted by atomic mass is 10.2. The van der Waals surface area contributed by atoms with Crippen LogP contribution in [0.1, 0.15) is 11.3 Å². The van der Waals surface area contributed by atoms with E-state index in [1.54, 1.807) is 19.9 Å². The number of halogens is 2. The highest BCUT2D eigenvalue weighted by Crippen LogP contribution is 2.27. The second kappa shape index (κ2) is 7.02. The maximum atomic E-state index is 12.4. The topological polar surface area (TPSA) is 99.3 Å². The normalized spacial score (nSPS) is 10.7. The Labute approximate surface area is 135 Å². The molecule has 2 aromatic rings. The van der Waals surface area contributed by atoms with Crippen LogP contribution < -0.4 is 10.1 Å². The van der Waals surface area contributed by atoms with Gasteiger partial charge in [-0.1, -0.05) is 11.2 Å². The van der Waals surface area contributed by atoms with Crippen LogP contribution in [0.2, 0.25) is 0 Å². The van der Waals surface area contributed by atoms with Gasteiger partial charge in [-0.3, -0.25) is 4.79 Å². The highest BCUT2D eigenvalue weighted by molar-refractivity contribution is 5.92. The molecular weight excluding hydrogens is 326 g/mol. The first-order valence-electron chi connectivity index (χ1n) is 6.80. The van der Waals surface area contributed by atoms with Crippen LogP contribution in [-0.4, -0.2) is 27.2 Å². The first-order chi connectivity index (χ1) is 11.3. The van der Waals surface area contributed by atoms with E-state index in [-0.39, 0.29) is 17.3 Å². The van der Waals surface area contributed by atoms with Crippen molar-refractivity contribution in [3.63, 3.8) is 0 Å². The van der Waals surface area contributed by atoms with Crippen molar-refractivity contribution in [2.45, 2.75) is 27.0 Å². The van der Waals surface area contributed by atoms with Crippen LogP contribution in [0.15, 0.2) is 24.3 Å². The molecule has 1 amide bonds. The van der Waals surface area contributed by atoms with E-state index in [4.69, 9.17) is 0 Å². The maximum absolute atomic E-state index is 12.4. The number of amides is 1. The highest BCUT2D eigenvalue weighted by atomic mass is 19.3. The fourth-order valence-electron chi connectivity index (χ4n) is 2.05. The molecule has 0 aliphatic rings. The summed E-state index contributed by atoms with van der Waals surface area (Å²) in [4.78, 5) is 22.3. The highest BCUT2D eigenvalue weighted by Gasteiger charge is 2.20. The number of anilines is 1. The van der Waals surface area contributed by atoms with Gasteiger partial charge in [0.05, 0.1) is 17.4 Å². The van der Waals surface area contributed by atoms with E-state index in [9.17, 15) is 23.7 Å². The van der Waals surface area contributed by atoms with Gasteiger partial charge in [0, 0.05) is 0 Å². The Morgan fingerprint density at radius 1 is 1.42 bits per heavy atom. The van der Waals surface area contributed by atoms with Gasteiger partial charge in [-0.2, -0.15) is 8.78 Å². The Morgan fingerprint density at radius 3 is 2.75 bits per heavy atom. The zero-order valence-corrected chi connectivity index (χ0v) is 12.8. The molecule has 8 nitrogen and oxygen atoms in total. The average molecular weight is 340 g/mol. The lowest BCUT2D eigenvalue weighted by Gasteiger charge is -2.12. The van der Waals surface area contributed by atoms with Gasteiger partial charge in [-0.25, -0.2) is 0 Å². The molecule has 1 aromatic heterocycles. The van der Waals surface area contributed by atoms with Crippen LogP contribution >= 0.6 is 0 Å². The second-order valence-electron chi connectivity index (χ2n) is 4.98. The van der Waals surface area contributed by atoms with E-state index >= 15 is 0 Å². The molecule has 0 saturated carbocycles. The molecule has 0 spiro atoms. The number of alkyl halides is 2. The third-order valence-electron chi connectivity index (χ3n) is 2.99. The van der Waals surface area contributed by atoms with E-state index in [2.05, 4.69) is 15.2 Å². The summed E-state index contributed by atoms with van der Waals surface area (Å²) in [5.74, 6) is -1.19. The molecule has 1 heterocycles. The van der Waals surface area contributed by atoms with Gasteiger partial charge in [-0.15, -0.1) is 4.68 Å². The third kappa shape index (κ3) is 4.24. The number of aryl methyl sites for hydroxylation is 2. The number of hydrogen-bond acceptors (Lipinski definition) is 5. The number of carbonyl (C=O) groups is 1. The van der Waals surface area contributed by atoms with Crippen molar-refractivity contribution in [2.75, 3.05) is 5.32 Å². The van der Waals surface area contributed by atoms with Gasteiger partial charge in [0.1, 0.15) is 5.75 Å². The Kier molecular flexibility index (Phi) is 5.07. The molecule has 0 bridgehead atoms. The molecule has 0 radical (unpaired) electrons. The van der Waals surface area contributed by atoms with E-state index in [1.807, 2.05) is 0 Å². The molecule has 1 aromatic carbocycles. The predicted molar refractivity (Wildman–Crippen MR) is 80.1 cm³/mol. The molecule has 0 saturated heterocycles. The number of aromatic nitrogens is 2. The standard InChI is InChI=1S/C14H14F2N4O4/c1-8-3-4-10(11(5-8)24-14(15)16)17-12(21)7-19-13(20(22)23)6-9(2)18-19/h3-6,14H,7H2,1-2H3,(H,17,21). The monoisotopic (exact) mass is 340 g/mol. The molecule has 0 unspecified atom stereocenters. The lowest BCUT2D eigenvalue weighted by molar-refractivity contribution is -0.392. The molecule has 0 aliphatic carbocycles. The van der Waals surface area contributed by atoms with Crippen molar-refractivity contribution >= 4 is 17.4 Å². The van der Waals surface area contributed by atoms with Gasteiger partial charge >= 0.3 is 12.4 Å². The third-order valence-corrected chi connectivity index (χ3v) is 2.99. The van der Waals surface area contributed by atoms with Crippen molar-refractivity contribution in [1.29, 1.82) is 0 Å². The predicted octanol–water partition coefficient (Wildman–Crippen LogP) is 2.65. The second-order valence-corrected chi connectivity index (χ2v) is 4.98. The minimum Gasteiger partial charge on any atom is -0.433 e. The summed E-state index contributed by atoms with van der Waals surface area (Å²) in [5, 5.41) is 17.1. The van der Waals surface area contributed by atoms with Crippen LogP contribution in [0.25, 0.3) is 0 Å². The maximum Gasteiger partial charge on any atom is 0.387 e. The molecule has 24 heavy (non-hydrogen) atoms. The van der Waals surface area contributed by atoms with Gasteiger partial charge in [0.25, 0.3) is 5.91 Å². The minimum absolute atomic E-state index is 0.0393. The summed E-state index contributed by atoms with van der Waals surface area (Å²) in [6.45, 7) is -0.251. The van der Waals surface area contributed by atoms with E-state index in [0.717, 1.165) is 4.68 Å². The number of hydrogen-bond donors (Lipinski definition) is 1. The summed E-state index contributed by atoms with van der Waals surface area (Å²) in [6.07, 6.45) is 0. The number of ether oxygens (including phenoxy) is 1. The van der Waals surface area contributed by atoms with Crippen molar-refractivity contribution in [3.05, 3.63) is 45.6 Å². The smallest absolute Gasteiger partial charge is 0.387 e. The van der Waals surface area contributed by atoms with Gasteiger partial charge < -0.3 is 20.2 Å². The molecule has 0 atom stereocenters. The summed E-state index contributed by atoms with van der Waals surface area (Å²) in [7, 11) is 0. The summed E-state index contributed by atoms with van der Waals surface area (Å²) in [6, 6.07) is 5.59. The van der Waals surface area contributed by atoms with Crippen LogP contribution in [0.5, 0.6) is 5.75 Å². The quantitative estimate of drug-likeness (QED) is 0.644. The van der Waals surface area contributed by atoms with E-state index in [0.29, 0.717) is 11.3 Å². The first kappa shape index (κ1) is 17.3. The van der Waals surface area contributed by atoms with Gasteiger partial charge in [0.15, 0.2) is 6.54 Å². The average Bonchev–Trinajstić information content (AvgIpc) is 2.82. The Hall–Kier alpha value is -3.04. The number of rotatable bonds is 6. The number of nitrogens with one attached hydrogen (secondary N) is 1. The minimum atomic E-state index is -3.04. The number of carbonyl (C=O) groups excluding carboxylic acids is 1. The van der Waals surface area contributed by atoms with Crippen LogP contribution in [0.3, 0.4) is 0 Å². The van der Waals surface area contributed by atoms with Gasteiger partial charge in [-0.05, 0) is 36.5 Å². The fraction of sp³-hybridized carbons (Fsp3) is 0.286. The molecule has 1 N–H and O–H groups in total.